The number of nitrogens with zero attached hydrogens (tertiary/aromatic N) is 1. The summed E-state index contributed by atoms with van der Waals surface area (Å²) in [4.78, 5) is 24.9. The number of carbonyl (C=O) groups excluding carboxylic acids is 2. The van der Waals surface area contributed by atoms with Gasteiger partial charge in [0.05, 0.1) is 19.6 Å². The summed E-state index contributed by atoms with van der Waals surface area (Å²) in [5, 5.41) is 0. The first-order valence-electron chi connectivity index (χ1n) is 6.61. The van der Waals surface area contributed by atoms with Gasteiger partial charge < -0.3 is 11.1 Å². The Morgan fingerprint density at radius 3 is 2.58 bits per heavy atom. The molecule has 0 saturated carbocycles. The van der Waals surface area contributed by atoms with Gasteiger partial charge in [0.2, 0.25) is 11.7 Å². The van der Waals surface area contributed by atoms with Crippen LogP contribution >= 0.6 is 0 Å². The van der Waals surface area contributed by atoms with Gasteiger partial charge in [-0.2, -0.15) is 0 Å². The quantitative estimate of drug-likeness (QED) is 0.199. The fraction of sp³-hybridized carbons (Fsp3) is 0.714. The first kappa shape index (κ1) is 18.3. The normalized spacial score (nSPS) is 14.1. The van der Waals surface area contributed by atoms with Crippen LogP contribution in [0.25, 0.3) is 0 Å². The molecule has 4 nitrogen and oxygen atoms in total. The van der Waals surface area contributed by atoms with Crippen molar-refractivity contribution in [1.29, 1.82) is 0 Å². The molecule has 102 valence electrons. The number of hydrogen-bond acceptors (Lipinski definition) is 3. The van der Waals surface area contributed by atoms with Crippen LogP contribution in [-0.2, 0) is 14.3 Å². The number of amides is 1. The molecule has 5 heteroatoms. The van der Waals surface area contributed by atoms with Crippen LogP contribution in [0.2, 0.25) is 0 Å². The molecule has 1 aliphatic heterocycles. The van der Waals surface area contributed by atoms with Gasteiger partial charge in [0.25, 0.3) is 0 Å². The van der Waals surface area contributed by atoms with Crippen molar-refractivity contribution in [3.05, 3.63) is 0 Å². The van der Waals surface area contributed by atoms with Crippen molar-refractivity contribution in [2.75, 3.05) is 26.3 Å². The van der Waals surface area contributed by atoms with Gasteiger partial charge in [-0.15, -0.1) is 0 Å². The fourth-order valence-electron chi connectivity index (χ4n) is 1.73. The summed E-state index contributed by atoms with van der Waals surface area (Å²) in [5.74, 6) is 4.97. The van der Waals surface area contributed by atoms with E-state index in [1.54, 1.807) is 4.90 Å². The van der Waals surface area contributed by atoms with Crippen molar-refractivity contribution in [1.82, 2.24) is 4.90 Å². The molecule has 1 amide bonds. The molecule has 0 N–H and O–H groups in total. The third-order valence-electron chi connectivity index (χ3n) is 2.81. The van der Waals surface area contributed by atoms with Gasteiger partial charge in [-0.1, -0.05) is 25.7 Å². The maximum absolute atomic E-state index is 11.7. The predicted molar refractivity (Wildman–Crippen MR) is 70.1 cm³/mol. The molecule has 0 atom stereocenters. The second kappa shape index (κ2) is 11.1. The number of unbranched alkanes of at least 4 members (excludes halogenated alkanes) is 3. The number of carbonyl (C=O) groups is 2. The number of hydrogen-bond donors (Lipinski definition) is 0. The molecule has 1 heterocycles. The maximum Gasteiger partial charge on any atom is 1.00 e. The average Bonchev–Trinajstić information content (AvgIpc) is 2.39. The summed E-state index contributed by atoms with van der Waals surface area (Å²) in [7, 11) is 0. The molecule has 0 aliphatic carbocycles. The summed E-state index contributed by atoms with van der Waals surface area (Å²) in [5.41, 5.74) is 0. The van der Waals surface area contributed by atoms with E-state index >= 15 is 0 Å². The van der Waals surface area contributed by atoms with Gasteiger partial charge in [-0.25, -0.2) is 0 Å². The molecule has 0 bridgehead atoms. The van der Waals surface area contributed by atoms with E-state index in [4.69, 9.17) is 4.74 Å². The summed E-state index contributed by atoms with van der Waals surface area (Å²) in [6.07, 6.45) is 3.95. The van der Waals surface area contributed by atoms with E-state index in [0.29, 0.717) is 26.3 Å². The first-order chi connectivity index (χ1) is 8.74. The Morgan fingerprint density at radius 1 is 1.26 bits per heavy atom. The van der Waals surface area contributed by atoms with Crippen molar-refractivity contribution < 1.29 is 34.6 Å². The molecule has 0 unspecified atom stereocenters. The van der Waals surface area contributed by atoms with Crippen molar-refractivity contribution in [3.8, 4) is 11.8 Å². The van der Waals surface area contributed by atoms with E-state index in [0.717, 1.165) is 25.7 Å². The van der Waals surface area contributed by atoms with Gasteiger partial charge in [-0.3, -0.25) is 9.59 Å². The van der Waals surface area contributed by atoms with E-state index in [1.165, 1.54) is 0 Å². The van der Waals surface area contributed by atoms with Crippen molar-refractivity contribution in [2.45, 2.75) is 39.0 Å². The zero-order chi connectivity index (χ0) is 13.2. The molecule has 0 aromatic carbocycles. The van der Waals surface area contributed by atoms with Crippen LogP contribution in [0.3, 0.4) is 0 Å². The molecule has 0 aromatic rings. The second-order valence-corrected chi connectivity index (χ2v) is 4.35. The largest absolute Gasteiger partial charge is 1.00 e. The number of rotatable bonds is 5. The van der Waals surface area contributed by atoms with Crippen LogP contribution in [-0.4, -0.2) is 42.9 Å². The van der Waals surface area contributed by atoms with Crippen LogP contribution in [0.1, 0.15) is 40.5 Å². The Balaban J connectivity index is 0. The van der Waals surface area contributed by atoms with Crippen molar-refractivity contribution in [3.63, 3.8) is 0 Å². The Kier molecular flexibility index (Phi) is 10.7. The minimum atomic E-state index is -0.275. The van der Waals surface area contributed by atoms with Crippen LogP contribution in [0.15, 0.2) is 0 Å². The molecule has 0 aromatic heterocycles. The number of Topliss-reactive ketones (excluding diaryl/α,β-unsaturated/α-hetero) is 1. The topological polar surface area (TPSA) is 46.6 Å². The van der Waals surface area contributed by atoms with E-state index in [9.17, 15) is 9.59 Å². The van der Waals surface area contributed by atoms with Gasteiger partial charge >= 0.3 is 18.9 Å². The first-order valence-corrected chi connectivity index (χ1v) is 6.61. The molecule has 1 saturated heterocycles. The van der Waals surface area contributed by atoms with Crippen molar-refractivity contribution in [2.24, 2.45) is 0 Å². The molecule has 1 aliphatic rings. The van der Waals surface area contributed by atoms with Crippen molar-refractivity contribution >= 4 is 11.7 Å². The van der Waals surface area contributed by atoms with E-state index < -0.39 is 0 Å². The Morgan fingerprint density at radius 2 is 1.95 bits per heavy atom. The predicted octanol–water partition coefficient (Wildman–Crippen LogP) is -1.50. The maximum atomic E-state index is 11.7. The molecular weight excluding hydrogens is 237 g/mol. The Bertz CT molecular complexity index is 346. The molecule has 1 rings (SSSR count). The summed E-state index contributed by atoms with van der Waals surface area (Å²) in [6.45, 7) is 4.40. The van der Waals surface area contributed by atoms with Gasteiger partial charge in [-0.05, 0) is 12.3 Å². The minimum Gasteiger partial charge on any atom is -1.00 e. The Labute approximate surface area is 128 Å². The molecule has 0 spiro atoms. The van der Waals surface area contributed by atoms with Crippen LogP contribution in [0.4, 0.5) is 0 Å². The smallest absolute Gasteiger partial charge is 1.00 e. The standard InChI is InChI=1S/C14H21NO3.Li.H/c1-2-3-4-5-6-7-13(16)12-14(17)15-8-10-18-11-9-15;;/h2-5,8-12H2,1H3;;/q;+1;-1. The molecule has 1 fully saturated rings. The third kappa shape index (κ3) is 8.11. The van der Waals surface area contributed by atoms with Crippen LogP contribution < -0.4 is 18.9 Å². The van der Waals surface area contributed by atoms with Gasteiger partial charge in [0.15, 0.2) is 0 Å². The van der Waals surface area contributed by atoms with Crippen LogP contribution in [0, 0.1) is 11.8 Å². The summed E-state index contributed by atoms with van der Waals surface area (Å²) in [6, 6.07) is 0. The zero-order valence-corrected chi connectivity index (χ0v) is 12.0. The molecule has 0 radical (unpaired) electrons. The Hall–Kier alpha value is -0.743. The molecule has 19 heavy (non-hydrogen) atoms. The van der Waals surface area contributed by atoms with E-state index in [-0.39, 0.29) is 38.4 Å². The number of ketones is 1. The average molecular weight is 259 g/mol. The number of morpholine rings is 1. The minimum absolute atomic E-state index is 0. The van der Waals surface area contributed by atoms with E-state index in [2.05, 4.69) is 18.8 Å². The van der Waals surface area contributed by atoms with Gasteiger partial charge in [0, 0.05) is 19.5 Å². The zero-order valence-electron chi connectivity index (χ0n) is 13.0. The van der Waals surface area contributed by atoms with Crippen LogP contribution in [0.5, 0.6) is 0 Å². The summed E-state index contributed by atoms with van der Waals surface area (Å²) >= 11 is 0. The third-order valence-corrected chi connectivity index (χ3v) is 2.81. The molecular formula is C14H22LiNO3. The number of ether oxygens (including phenoxy) is 1. The second-order valence-electron chi connectivity index (χ2n) is 4.35. The monoisotopic (exact) mass is 259 g/mol. The summed E-state index contributed by atoms with van der Waals surface area (Å²) < 4.78 is 5.15. The van der Waals surface area contributed by atoms with E-state index in [1.807, 2.05) is 0 Å². The SMILES string of the molecule is CCCCCC#CC(=O)CC(=O)N1CCOCC1.[H-].[Li+]. The van der Waals surface area contributed by atoms with Gasteiger partial charge in [0.1, 0.15) is 0 Å². The fourth-order valence-corrected chi connectivity index (χ4v) is 1.73.